The van der Waals surface area contributed by atoms with Crippen molar-refractivity contribution in [1.29, 1.82) is 0 Å². The van der Waals surface area contributed by atoms with Crippen molar-refractivity contribution in [3.63, 3.8) is 0 Å². The average Bonchev–Trinajstić information content (AvgIpc) is 2.78. The topological polar surface area (TPSA) is 44.9 Å². The molecule has 0 amide bonds. The fourth-order valence-electron chi connectivity index (χ4n) is 2.37. The van der Waals surface area contributed by atoms with Gasteiger partial charge in [0.2, 0.25) is 0 Å². The number of benzene rings is 1. The minimum absolute atomic E-state index is 0.297. The van der Waals surface area contributed by atoms with Gasteiger partial charge in [-0.15, -0.1) is 0 Å². The molecule has 0 bridgehead atoms. The largest absolute Gasteiger partial charge is 0.370 e. The molecule has 0 aromatic heterocycles. The normalized spacial score (nSPS) is 19.1. The van der Waals surface area contributed by atoms with Crippen LogP contribution >= 0.6 is 0 Å². The van der Waals surface area contributed by atoms with Crippen molar-refractivity contribution in [1.82, 2.24) is 9.80 Å². The van der Waals surface area contributed by atoms with E-state index in [4.69, 9.17) is 5.73 Å². The van der Waals surface area contributed by atoms with E-state index in [1.165, 1.54) is 11.1 Å². The highest BCUT2D eigenvalue weighted by Gasteiger charge is 2.26. The lowest BCUT2D eigenvalue weighted by atomic mass is 10.0. The van der Waals surface area contributed by atoms with Gasteiger partial charge in [-0.05, 0) is 31.6 Å². The van der Waals surface area contributed by atoms with Gasteiger partial charge in [0.1, 0.15) is 0 Å². The van der Waals surface area contributed by atoms with Gasteiger partial charge in [-0.25, -0.2) is 0 Å². The fourth-order valence-corrected chi connectivity index (χ4v) is 2.37. The Kier molecular flexibility index (Phi) is 4.43. The molecular formula is C15H24N4. The van der Waals surface area contributed by atoms with E-state index in [1.54, 1.807) is 0 Å². The first-order valence-electron chi connectivity index (χ1n) is 6.92. The van der Waals surface area contributed by atoms with Crippen molar-refractivity contribution in [2.24, 2.45) is 10.7 Å². The van der Waals surface area contributed by atoms with Crippen LogP contribution in [0.15, 0.2) is 29.3 Å². The van der Waals surface area contributed by atoms with Crippen LogP contribution in [0.4, 0.5) is 0 Å². The number of rotatable bonds is 5. The Morgan fingerprint density at radius 1 is 1.32 bits per heavy atom. The molecule has 4 heteroatoms. The molecule has 1 aromatic rings. The Hall–Kier alpha value is -1.55. The fraction of sp³-hybridized carbons (Fsp3) is 0.533. The highest BCUT2D eigenvalue weighted by atomic mass is 15.3. The first-order valence-corrected chi connectivity index (χ1v) is 6.92. The maximum absolute atomic E-state index is 6.01. The summed E-state index contributed by atoms with van der Waals surface area (Å²) in [5, 5.41) is 0. The molecule has 1 unspecified atom stereocenters. The quantitative estimate of drug-likeness (QED) is 0.872. The monoisotopic (exact) mass is 260 g/mol. The zero-order valence-electron chi connectivity index (χ0n) is 12.1. The highest BCUT2D eigenvalue weighted by Crippen LogP contribution is 2.25. The van der Waals surface area contributed by atoms with Crippen LogP contribution in [0, 0.1) is 0 Å². The zero-order chi connectivity index (χ0) is 13.8. The molecule has 104 valence electrons. The lowest BCUT2D eigenvalue weighted by Crippen LogP contribution is -2.40. The Bertz CT molecular complexity index is 436. The SMILES string of the molecule is CCc1ccc(C2CN=C(N)N2CCN(C)C)cc1. The maximum Gasteiger partial charge on any atom is 0.191 e. The van der Waals surface area contributed by atoms with Crippen molar-refractivity contribution in [3.05, 3.63) is 35.4 Å². The van der Waals surface area contributed by atoms with Crippen LogP contribution in [-0.4, -0.2) is 49.5 Å². The molecule has 19 heavy (non-hydrogen) atoms. The number of nitrogens with zero attached hydrogens (tertiary/aromatic N) is 3. The molecular weight excluding hydrogens is 236 g/mol. The van der Waals surface area contributed by atoms with Crippen LogP contribution in [0.3, 0.4) is 0 Å². The number of aliphatic imine (C=N–C) groups is 1. The molecule has 1 aromatic carbocycles. The van der Waals surface area contributed by atoms with E-state index in [9.17, 15) is 0 Å². The highest BCUT2D eigenvalue weighted by molar-refractivity contribution is 5.80. The van der Waals surface area contributed by atoms with Crippen LogP contribution in [-0.2, 0) is 6.42 Å². The van der Waals surface area contributed by atoms with Crippen LogP contribution in [0.5, 0.6) is 0 Å². The summed E-state index contributed by atoms with van der Waals surface area (Å²) in [5.74, 6) is 0.673. The molecule has 4 nitrogen and oxygen atoms in total. The van der Waals surface area contributed by atoms with Crippen LogP contribution in [0.25, 0.3) is 0 Å². The molecule has 1 heterocycles. The molecule has 0 fully saturated rings. The van der Waals surface area contributed by atoms with Crippen molar-refractivity contribution in [2.75, 3.05) is 33.7 Å². The van der Waals surface area contributed by atoms with Gasteiger partial charge in [0.15, 0.2) is 5.96 Å². The third-order valence-corrected chi connectivity index (χ3v) is 3.66. The van der Waals surface area contributed by atoms with E-state index < -0.39 is 0 Å². The van der Waals surface area contributed by atoms with E-state index in [0.717, 1.165) is 26.1 Å². The van der Waals surface area contributed by atoms with Gasteiger partial charge in [-0.1, -0.05) is 31.2 Å². The van der Waals surface area contributed by atoms with E-state index in [-0.39, 0.29) is 0 Å². The number of hydrogen-bond acceptors (Lipinski definition) is 4. The summed E-state index contributed by atoms with van der Waals surface area (Å²) in [6, 6.07) is 9.12. The van der Waals surface area contributed by atoms with E-state index in [2.05, 4.69) is 60.1 Å². The number of guanidine groups is 1. The smallest absolute Gasteiger partial charge is 0.191 e. The maximum atomic E-state index is 6.01. The first-order chi connectivity index (χ1) is 9.11. The lowest BCUT2D eigenvalue weighted by Gasteiger charge is -2.28. The predicted molar refractivity (Wildman–Crippen MR) is 80.3 cm³/mol. The third kappa shape index (κ3) is 3.26. The summed E-state index contributed by atoms with van der Waals surface area (Å²) in [4.78, 5) is 8.78. The van der Waals surface area contributed by atoms with Crippen LogP contribution < -0.4 is 5.73 Å². The lowest BCUT2D eigenvalue weighted by molar-refractivity contribution is 0.293. The van der Waals surface area contributed by atoms with Crippen molar-refractivity contribution in [3.8, 4) is 0 Å². The standard InChI is InChI=1S/C15H24N4/c1-4-12-5-7-13(8-6-12)14-11-17-15(16)19(14)10-9-18(2)3/h5-8,14H,4,9-11H2,1-3H3,(H2,16,17). The second-order valence-electron chi connectivity index (χ2n) is 5.31. The van der Waals surface area contributed by atoms with Crippen LogP contribution in [0.1, 0.15) is 24.1 Å². The second kappa shape index (κ2) is 6.06. The zero-order valence-corrected chi connectivity index (χ0v) is 12.1. The van der Waals surface area contributed by atoms with Gasteiger partial charge < -0.3 is 15.5 Å². The van der Waals surface area contributed by atoms with Gasteiger partial charge in [0.25, 0.3) is 0 Å². The van der Waals surface area contributed by atoms with Gasteiger partial charge >= 0.3 is 0 Å². The second-order valence-corrected chi connectivity index (χ2v) is 5.31. The number of likely N-dealkylation sites (N-methyl/N-ethyl adjacent to an activating group) is 1. The Labute approximate surface area is 115 Å². The number of hydrogen-bond donors (Lipinski definition) is 1. The summed E-state index contributed by atoms with van der Waals surface area (Å²) < 4.78 is 0. The summed E-state index contributed by atoms with van der Waals surface area (Å²) >= 11 is 0. The summed E-state index contributed by atoms with van der Waals surface area (Å²) in [6.45, 7) is 4.85. The summed E-state index contributed by atoms with van der Waals surface area (Å²) in [7, 11) is 4.16. The van der Waals surface area contributed by atoms with Gasteiger partial charge in [-0.2, -0.15) is 0 Å². The van der Waals surface area contributed by atoms with Gasteiger partial charge in [0, 0.05) is 13.1 Å². The Morgan fingerprint density at radius 2 is 2.00 bits per heavy atom. The summed E-state index contributed by atoms with van der Waals surface area (Å²) in [5.41, 5.74) is 8.68. The summed E-state index contributed by atoms with van der Waals surface area (Å²) in [6.07, 6.45) is 1.08. The Balaban J connectivity index is 2.09. The minimum Gasteiger partial charge on any atom is -0.370 e. The molecule has 1 atom stereocenters. The van der Waals surface area contributed by atoms with E-state index >= 15 is 0 Å². The van der Waals surface area contributed by atoms with Gasteiger partial charge in [-0.3, -0.25) is 4.99 Å². The van der Waals surface area contributed by atoms with Crippen molar-refractivity contribution < 1.29 is 0 Å². The van der Waals surface area contributed by atoms with E-state index in [0.29, 0.717) is 12.0 Å². The molecule has 2 rings (SSSR count). The predicted octanol–water partition coefficient (Wildman–Crippen LogP) is 1.48. The van der Waals surface area contributed by atoms with Crippen molar-refractivity contribution >= 4 is 5.96 Å². The molecule has 0 radical (unpaired) electrons. The van der Waals surface area contributed by atoms with Gasteiger partial charge in [0.05, 0.1) is 12.6 Å². The Morgan fingerprint density at radius 3 is 2.58 bits per heavy atom. The molecule has 1 aliphatic heterocycles. The van der Waals surface area contributed by atoms with E-state index in [1.807, 2.05) is 0 Å². The van der Waals surface area contributed by atoms with Crippen molar-refractivity contribution in [2.45, 2.75) is 19.4 Å². The molecule has 0 saturated heterocycles. The minimum atomic E-state index is 0.297. The molecule has 0 aliphatic carbocycles. The van der Waals surface area contributed by atoms with Crippen LogP contribution in [0.2, 0.25) is 0 Å². The number of nitrogens with two attached hydrogens (primary N) is 1. The number of aryl methyl sites for hydroxylation is 1. The first kappa shape index (κ1) is 13.9. The molecule has 0 saturated carbocycles. The molecule has 2 N–H and O–H groups in total. The third-order valence-electron chi connectivity index (χ3n) is 3.66. The molecule has 1 aliphatic rings. The molecule has 0 spiro atoms. The average molecular weight is 260 g/mol.